The fourth-order valence-electron chi connectivity index (χ4n) is 5.26. The van der Waals surface area contributed by atoms with Crippen LogP contribution in [0.25, 0.3) is 10.9 Å². The summed E-state index contributed by atoms with van der Waals surface area (Å²) in [5.74, 6) is 0.497. The first-order valence-electron chi connectivity index (χ1n) is 11.3. The lowest BCUT2D eigenvalue weighted by atomic mass is 9.87. The second kappa shape index (κ2) is 7.24. The number of hydrogen-bond donors (Lipinski definition) is 2. The third-order valence-electron chi connectivity index (χ3n) is 7.17. The lowest BCUT2D eigenvalue weighted by molar-refractivity contribution is -0.139. The Bertz CT molecular complexity index is 1360. The summed E-state index contributed by atoms with van der Waals surface area (Å²) in [6.07, 6.45) is 0.645. The molecule has 2 aromatic carbocycles. The fraction of sp³-hybridized carbons (Fsp3) is 0.320. The Morgan fingerprint density at radius 1 is 1.18 bits per heavy atom. The fourth-order valence-corrected chi connectivity index (χ4v) is 5.26. The van der Waals surface area contributed by atoms with Gasteiger partial charge < -0.3 is 24.7 Å². The second-order valence-electron chi connectivity index (χ2n) is 9.04. The topological polar surface area (TPSA) is 104 Å². The van der Waals surface area contributed by atoms with E-state index in [4.69, 9.17) is 9.47 Å². The van der Waals surface area contributed by atoms with Crippen LogP contribution in [0.3, 0.4) is 0 Å². The van der Waals surface area contributed by atoms with E-state index in [9.17, 15) is 14.4 Å². The summed E-state index contributed by atoms with van der Waals surface area (Å²) in [5.41, 5.74) is 2.38. The van der Waals surface area contributed by atoms with Crippen LogP contribution >= 0.6 is 0 Å². The highest BCUT2D eigenvalue weighted by molar-refractivity contribution is 6.10. The van der Waals surface area contributed by atoms with E-state index in [0.29, 0.717) is 24.5 Å². The maximum Gasteiger partial charge on any atom is 0.328 e. The van der Waals surface area contributed by atoms with Gasteiger partial charge in [-0.15, -0.1) is 0 Å². The number of urea groups is 1. The molecule has 0 aliphatic carbocycles. The predicted octanol–water partition coefficient (Wildman–Crippen LogP) is 2.64. The van der Waals surface area contributed by atoms with Crippen molar-refractivity contribution in [1.82, 2.24) is 20.1 Å². The van der Waals surface area contributed by atoms with E-state index in [0.717, 1.165) is 32.6 Å². The predicted molar refractivity (Wildman–Crippen MR) is 122 cm³/mol. The number of H-pyrrole nitrogens is 1. The average molecular weight is 460 g/mol. The molecule has 2 N–H and O–H groups in total. The van der Waals surface area contributed by atoms with Crippen LogP contribution in [0.1, 0.15) is 30.7 Å². The molecule has 2 unspecified atom stereocenters. The Morgan fingerprint density at radius 2 is 1.97 bits per heavy atom. The van der Waals surface area contributed by atoms with Gasteiger partial charge in [-0.3, -0.25) is 9.59 Å². The minimum absolute atomic E-state index is 0.175. The zero-order valence-corrected chi connectivity index (χ0v) is 18.9. The third-order valence-corrected chi connectivity index (χ3v) is 7.17. The van der Waals surface area contributed by atoms with Gasteiger partial charge in [0.15, 0.2) is 17.0 Å². The summed E-state index contributed by atoms with van der Waals surface area (Å²) in [6, 6.07) is 11.9. The summed E-state index contributed by atoms with van der Waals surface area (Å²) >= 11 is 0. The van der Waals surface area contributed by atoms with E-state index in [2.05, 4.69) is 10.3 Å². The number of para-hydroxylation sites is 1. The van der Waals surface area contributed by atoms with Gasteiger partial charge in [-0.1, -0.05) is 24.3 Å². The van der Waals surface area contributed by atoms with E-state index in [1.807, 2.05) is 30.3 Å². The normalized spacial score (nSPS) is 21.6. The van der Waals surface area contributed by atoms with Gasteiger partial charge in [0.2, 0.25) is 12.7 Å². The summed E-state index contributed by atoms with van der Waals surface area (Å²) < 4.78 is 10.7. The number of aromatic nitrogens is 1. The Hall–Kier alpha value is -4.01. The van der Waals surface area contributed by atoms with Crippen molar-refractivity contribution in [3.8, 4) is 11.5 Å². The van der Waals surface area contributed by atoms with Crippen LogP contribution in [-0.2, 0) is 28.1 Å². The van der Waals surface area contributed by atoms with E-state index in [1.165, 1.54) is 0 Å². The molecule has 9 heteroatoms. The molecule has 1 aromatic heterocycles. The quantitative estimate of drug-likeness (QED) is 0.583. The SMILES string of the molecule is CC(C(=O)NCc1ccc2c(c1)OCO2)N1C(=O)N2CCc3c([nH]c4ccccc34)C2(C)C1=O. The molecule has 1 fully saturated rings. The van der Waals surface area contributed by atoms with Crippen LogP contribution in [0.15, 0.2) is 42.5 Å². The van der Waals surface area contributed by atoms with Crippen molar-refractivity contribution < 1.29 is 23.9 Å². The van der Waals surface area contributed by atoms with Crippen molar-refractivity contribution >= 4 is 28.7 Å². The van der Waals surface area contributed by atoms with Gasteiger partial charge >= 0.3 is 6.03 Å². The molecule has 4 amide bonds. The molecule has 1 saturated heterocycles. The molecule has 3 aromatic rings. The Balaban J connectivity index is 1.24. The van der Waals surface area contributed by atoms with E-state index < -0.39 is 29.4 Å². The van der Waals surface area contributed by atoms with Gasteiger partial charge in [0.25, 0.3) is 5.91 Å². The number of imide groups is 1. The molecule has 9 nitrogen and oxygen atoms in total. The number of benzene rings is 2. The second-order valence-corrected chi connectivity index (χ2v) is 9.04. The Kier molecular flexibility index (Phi) is 4.39. The molecule has 2 atom stereocenters. The standard InChI is InChI=1S/C25H24N4O5/c1-14(22(30)26-12-15-7-8-19-20(11-15)34-13-33-19)29-23(31)25(2)21-17(9-10-28(25)24(29)32)16-5-3-4-6-18(16)27-21/h3-8,11,14,27H,9-10,12-13H2,1-2H3,(H,26,30). The maximum absolute atomic E-state index is 13.7. The molecule has 0 saturated carbocycles. The lowest BCUT2D eigenvalue weighted by Gasteiger charge is -2.36. The van der Waals surface area contributed by atoms with Crippen LogP contribution in [0.2, 0.25) is 0 Å². The minimum Gasteiger partial charge on any atom is -0.454 e. The van der Waals surface area contributed by atoms with Crippen molar-refractivity contribution in [1.29, 1.82) is 0 Å². The molecular formula is C25H24N4O5. The first-order chi connectivity index (χ1) is 16.4. The van der Waals surface area contributed by atoms with Gasteiger partial charge in [0, 0.05) is 24.0 Å². The summed E-state index contributed by atoms with van der Waals surface area (Å²) in [7, 11) is 0. The van der Waals surface area contributed by atoms with Gasteiger partial charge in [-0.25, -0.2) is 9.69 Å². The monoisotopic (exact) mass is 460 g/mol. The average Bonchev–Trinajstić information content (AvgIpc) is 3.51. The van der Waals surface area contributed by atoms with Crippen LogP contribution in [0.4, 0.5) is 4.79 Å². The minimum atomic E-state index is -1.17. The highest BCUT2D eigenvalue weighted by Crippen LogP contribution is 2.44. The number of carbonyl (C=O) groups excluding carboxylic acids is 3. The molecule has 4 heterocycles. The first-order valence-corrected chi connectivity index (χ1v) is 11.3. The van der Waals surface area contributed by atoms with E-state index in [-0.39, 0.29) is 13.3 Å². The molecule has 0 spiro atoms. The smallest absolute Gasteiger partial charge is 0.328 e. The Morgan fingerprint density at radius 3 is 2.82 bits per heavy atom. The number of hydrogen-bond acceptors (Lipinski definition) is 5. The molecule has 174 valence electrons. The highest BCUT2D eigenvalue weighted by atomic mass is 16.7. The first kappa shape index (κ1) is 20.6. The van der Waals surface area contributed by atoms with Crippen molar-refractivity contribution in [2.24, 2.45) is 0 Å². The molecule has 3 aliphatic heterocycles. The number of carbonyl (C=O) groups is 3. The van der Waals surface area contributed by atoms with Crippen molar-refractivity contribution in [2.75, 3.05) is 13.3 Å². The highest BCUT2D eigenvalue weighted by Gasteiger charge is 2.60. The summed E-state index contributed by atoms with van der Waals surface area (Å²) in [5, 5.41) is 3.90. The zero-order chi connectivity index (χ0) is 23.6. The van der Waals surface area contributed by atoms with Gasteiger partial charge in [0.1, 0.15) is 6.04 Å². The summed E-state index contributed by atoms with van der Waals surface area (Å²) in [6.45, 7) is 4.17. The number of rotatable bonds is 4. The van der Waals surface area contributed by atoms with Crippen LogP contribution in [0.5, 0.6) is 11.5 Å². The molecular weight excluding hydrogens is 436 g/mol. The van der Waals surface area contributed by atoms with Gasteiger partial charge in [-0.2, -0.15) is 0 Å². The third kappa shape index (κ3) is 2.76. The van der Waals surface area contributed by atoms with Crippen molar-refractivity contribution in [3.63, 3.8) is 0 Å². The summed E-state index contributed by atoms with van der Waals surface area (Å²) in [4.78, 5) is 46.1. The maximum atomic E-state index is 13.7. The zero-order valence-electron chi connectivity index (χ0n) is 18.9. The number of aromatic amines is 1. The van der Waals surface area contributed by atoms with Gasteiger partial charge in [-0.05, 0) is 49.6 Å². The Labute approximate surface area is 195 Å². The number of ether oxygens (including phenoxy) is 2. The number of fused-ring (bicyclic) bond motifs is 6. The molecule has 0 bridgehead atoms. The molecule has 34 heavy (non-hydrogen) atoms. The van der Waals surface area contributed by atoms with Gasteiger partial charge in [0.05, 0.1) is 5.69 Å². The van der Waals surface area contributed by atoms with E-state index >= 15 is 0 Å². The molecule has 3 aliphatic rings. The van der Waals surface area contributed by atoms with Crippen LogP contribution in [0, 0.1) is 0 Å². The van der Waals surface area contributed by atoms with Crippen molar-refractivity contribution in [3.05, 3.63) is 59.3 Å². The largest absolute Gasteiger partial charge is 0.454 e. The van der Waals surface area contributed by atoms with E-state index in [1.54, 1.807) is 30.9 Å². The number of amides is 4. The van der Waals surface area contributed by atoms with Crippen molar-refractivity contribution in [2.45, 2.75) is 38.4 Å². The number of nitrogens with one attached hydrogen (secondary N) is 2. The molecule has 0 radical (unpaired) electrons. The lowest BCUT2D eigenvalue weighted by Crippen LogP contribution is -2.49. The van der Waals surface area contributed by atoms with Crippen LogP contribution < -0.4 is 14.8 Å². The van der Waals surface area contributed by atoms with Crippen LogP contribution in [-0.4, -0.2) is 52.0 Å². The number of nitrogens with zero attached hydrogens (tertiary/aromatic N) is 2. The molecule has 6 rings (SSSR count).